The molecule has 1 aromatic carbocycles. The number of rotatable bonds is 4. The molecule has 0 spiro atoms. The van der Waals surface area contributed by atoms with Crippen molar-refractivity contribution in [1.82, 2.24) is 14.3 Å². The molecule has 7 nitrogen and oxygen atoms in total. The number of alkyl halides is 2. The molecule has 0 bridgehead atoms. The fraction of sp³-hybridized carbons (Fsp3) is 0.190. The normalized spacial score (nSPS) is 11.4. The first-order chi connectivity index (χ1) is 14.7. The Balaban J connectivity index is 1.76. The number of aryl methyl sites for hydroxylation is 1. The van der Waals surface area contributed by atoms with Gasteiger partial charge in [0.15, 0.2) is 0 Å². The predicted molar refractivity (Wildman–Crippen MR) is 117 cm³/mol. The summed E-state index contributed by atoms with van der Waals surface area (Å²) < 4.78 is 29.3. The highest BCUT2D eigenvalue weighted by atomic mass is 32.1. The Kier molecular flexibility index (Phi) is 5.10. The lowest BCUT2D eigenvalue weighted by Gasteiger charge is -2.07. The summed E-state index contributed by atoms with van der Waals surface area (Å²) in [6, 6.07) is 10.3. The Morgan fingerprint density at radius 3 is 2.55 bits per heavy atom. The zero-order chi connectivity index (χ0) is 22.4. The molecule has 0 fully saturated rings. The molecule has 10 heteroatoms. The van der Waals surface area contributed by atoms with Crippen LogP contribution in [-0.4, -0.2) is 20.3 Å². The van der Waals surface area contributed by atoms with Crippen LogP contribution in [0.5, 0.6) is 0 Å². The zero-order valence-electron chi connectivity index (χ0n) is 16.9. The molecule has 3 aromatic heterocycles. The molecule has 0 aliphatic carbocycles. The summed E-state index contributed by atoms with van der Waals surface area (Å²) in [4.78, 5) is 30.3. The maximum atomic E-state index is 13.1. The van der Waals surface area contributed by atoms with Gasteiger partial charge in [0.05, 0.1) is 17.1 Å². The number of amides is 1. The number of aromatic nitrogens is 3. The zero-order valence-corrected chi connectivity index (χ0v) is 17.8. The number of carbonyl (C=O) groups is 1. The van der Waals surface area contributed by atoms with Crippen LogP contribution in [0.1, 0.15) is 33.0 Å². The van der Waals surface area contributed by atoms with Gasteiger partial charge in [-0.2, -0.15) is 0 Å². The third-order valence-electron chi connectivity index (χ3n) is 5.14. The molecular weight excluding hydrogens is 424 g/mol. The van der Waals surface area contributed by atoms with Gasteiger partial charge in [-0.25, -0.2) is 18.4 Å². The lowest BCUT2D eigenvalue weighted by Crippen LogP contribution is -2.22. The molecular formula is C21H19F2N5O2S. The smallest absolute Gasteiger partial charge is 0.295 e. The minimum absolute atomic E-state index is 0.117. The largest absolute Gasteiger partial charge is 0.397 e. The number of nitrogens with two attached hydrogens (primary N) is 1. The van der Waals surface area contributed by atoms with E-state index in [1.54, 1.807) is 37.7 Å². The van der Waals surface area contributed by atoms with Gasteiger partial charge in [-0.15, -0.1) is 11.3 Å². The van der Waals surface area contributed by atoms with Crippen molar-refractivity contribution in [2.24, 2.45) is 7.05 Å². The van der Waals surface area contributed by atoms with Crippen molar-refractivity contribution in [3.63, 3.8) is 0 Å². The van der Waals surface area contributed by atoms with Crippen LogP contribution in [0, 0.1) is 13.8 Å². The summed E-state index contributed by atoms with van der Waals surface area (Å²) in [5.41, 5.74) is 7.37. The topological polar surface area (TPSA) is 94.9 Å². The molecule has 160 valence electrons. The first-order valence-corrected chi connectivity index (χ1v) is 10.2. The summed E-state index contributed by atoms with van der Waals surface area (Å²) in [5.74, 6) is -0.593. The number of nitrogens with one attached hydrogen (secondary N) is 1. The van der Waals surface area contributed by atoms with Gasteiger partial charge < -0.3 is 11.1 Å². The first kappa shape index (κ1) is 20.7. The Hall–Kier alpha value is -3.53. The van der Waals surface area contributed by atoms with E-state index in [9.17, 15) is 18.4 Å². The van der Waals surface area contributed by atoms with E-state index in [2.05, 4.69) is 10.3 Å². The summed E-state index contributed by atoms with van der Waals surface area (Å²) >= 11 is 0.919. The Morgan fingerprint density at radius 1 is 1.23 bits per heavy atom. The van der Waals surface area contributed by atoms with Crippen LogP contribution in [0.4, 0.5) is 20.2 Å². The van der Waals surface area contributed by atoms with E-state index in [0.717, 1.165) is 11.3 Å². The third kappa shape index (κ3) is 3.38. The molecule has 3 heterocycles. The van der Waals surface area contributed by atoms with Crippen molar-refractivity contribution in [3.8, 4) is 5.69 Å². The molecule has 4 aromatic rings. The van der Waals surface area contributed by atoms with E-state index in [0.29, 0.717) is 22.3 Å². The Morgan fingerprint density at radius 2 is 1.90 bits per heavy atom. The van der Waals surface area contributed by atoms with Crippen molar-refractivity contribution in [3.05, 3.63) is 68.6 Å². The van der Waals surface area contributed by atoms with Crippen molar-refractivity contribution in [2.45, 2.75) is 20.3 Å². The second-order valence-electron chi connectivity index (χ2n) is 7.08. The van der Waals surface area contributed by atoms with Crippen LogP contribution in [0.15, 0.2) is 41.2 Å². The van der Waals surface area contributed by atoms with Crippen LogP contribution in [0.3, 0.4) is 0 Å². The number of nitrogens with zero attached hydrogens (tertiary/aromatic N) is 3. The van der Waals surface area contributed by atoms with E-state index in [-0.39, 0.29) is 26.8 Å². The Labute approximate surface area is 179 Å². The van der Waals surface area contributed by atoms with Crippen molar-refractivity contribution < 1.29 is 13.6 Å². The minimum atomic E-state index is -2.73. The number of para-hydroxylation sites is 1. The average molecular weight is 443 g/mol. The summed E-state index contributed by atoms with van der Waals surface area (Å²) in [6.07, 6.45) is -2.73. The highest BCUT2D eigenvalue weighted by molar-refractivity contribution is 7.21. The summed E-state index contributed by atoms with van der Waals surface area (Å²) in [7, 11) is 1.71. The van der Waals surface area contributed by atoms with Crippen LogP contribution in [-0.2, 0) is 7.05 Å². The number of pyridine rings is 1. The Bertz CT molecular complexity index is 1370. The fourth-order valence-electron chi connectivity index (χ4n) is 3.50. The molecule has 1 amide bonds. The van der Waals surface area contributed by atoms with Gasteiger partial charge in [0.25, 0.3) is 17.9 Å². The van der Waals surface area contributed by atoms with Gasteiger partial charge in [-0.3, -0.25) is 14.3 Å². The molecule has 0 radical (unpaired) electrons. The maximum absolute atomic E-state index is 13.1. The highest BCUT2D eigenvalue weighted by Crippen LogP contribution is 2.36. The molecule has 0 aliphatic heterocycles. The number of halogens is 2. The molecule has 3 N–H and O–H groups in total. The van der Waals surface area contributed by atoms with E-state index in [1.807, 2.05) is 18.2 Å². The molecule has 0 aliphatic rings. The molecule has 0 saturated carbocycles. The van der Waals surface area contributed by atoms with Gasteiger partial charge in [-0.1, -0.05) is 18.2 Å². The lowest BCUT2D eigenvalue weighted by molar-refractivity contribution is 0.103. The van der Waals surface area contributed by atoms with Crippen LogP contribution < -0.4 is 16.6 Å². The van der Waals surface area contributed by atoms with Gasteiger partial charge in [0, 0.05) is 12.4 Å². The number of anilines is 2. The molecule has 0 saturated heterocycles. The van der Waals surface area contributed by atoms with Crippen molar-refractivity contribution in [2.75, 3.05) is 11.1 Å². The number of hydrogen-bond donors (Lipinski definition) is 2. The van der Waals surface area contributed by atoms with Gasteiger partial charge in [0.2, 0.25) is 0 Å². The van der Waals surface area contributed by atoms with E-state index < -0.39 is 17.9 Å². The van der Waals surface area contributed by atoms with Gasteiger partial charge in [0.1, 0.15) is 21.1 Å². The first-order valence-electron chi connectivity index (χ1n) is 9.33. The number of hydrogen-bond acceptors (Lipinski definition) is 5. The van der Waals surface area contributed by atoms with Crippen molar-refractivity contribution >= 4 is 38.8 Å². The highest BCUT2D eigenvalue weighted by Gasteiger charge is 2.24. The average Bonchev–Trinajstić information content (AvgIpc) is 3.18. The van der Waals surface area contributed by atoms with Crippen LogP contribution in [0.2, 0.25) is 0 Å². The van der Waals surface area contributed by atoms with Gasteiger partial charge >= 0.3 is 0 Å². The molecule has 0 atom stereocenters. The third-order valence-corrected chi connectivity index (χ3v) is 6.24. The molecule has 0 unspecified atom stereocenters. The van der Waals surface area contributed by atoms with E-state index >= 15 is 0 Å². The predicted octanol–water partition coefficient (Wildman–Crippen LogP) is 4.17. The number of carbonyl (C=O) groups excluding carboxylic acids is 1. The number of fused-ring (bicyclic) bond motifs is 1. The van der Waals surface area contributed by atoms with Gasteiger partial charge in [-0.05, 0) is 37.6 Å². The number of benzene rings is 1. The summed E-state index contributed by atoms with van der Waals surface area (Å²) in [6.45, 7) is 3.35. The second kappa shape index (κ2) is 7.62. The fourth-order valence-corrected chi connectivity index (χ4v) is 4.57. The standard InChI is InChI=1S/C21H19F2N5O2S/c1-10-9-13(18(22)23)25-20-14(10)15(24)17(31-20)19(29)26-16-11(2)27(3)28(21(16)30)12-7-5-4-6-8-12/h4-9,18H,24H2,1-3H3,(H,26,29). The quantitative estimate of drug-likeness (QED) is 0.495. The monoisotopic (exact) mass is 443 g/mol. The van der Waals surface area contributed by atoms with Crippen molar-refractivity contribution in [1.29, 1.82) is 0 Å². The van der Waals surface area contributed by atoms with E-state index in [4.69, 9.17) is 5.73 Å². The second-order valence-corrected chi connectivity index (χ2v) is 8.08. The van der Waals surface area contributed by atoms with Crippen LogP contribution in [0.25, 0.3) is 15.9 Å². The number of thiophene rings is 1. The maximum Gasteiger partial charge on any atom is 0.295 e. The van der Waals surface area contributed by atoms with Crippen LogP contribution >= 0.6 is 11.3 Å². The summed E-state index contributed by atoms with van der Waals surface area (Å²) in [5, 5.41) is 3.11. The minimum Gasteiger partial charge on any atom is -0.397 e. The lowest BCUT2D eigenvalue weighted by atomic mass is 10.1. The SMILES string of the molecule is Cc1cc(C(F)F)nc2sc(C(=O)Nc3c(C)n(C)n(-c4ccccc4)c3=O)c(N)c12. The number of nitrogen functional groups attached to an aromatic ring is 1. The van der Waals surface area contributed by atoms with E-state index in [1.165, 1.54) is 10.7 Å². The molecule has 4 rings (SSSR count). The molecule has 31 heavy (non-hydrogen) atoms.